The zero-order valence-corrected chi connectivity index (χ0v) is 18.6. The maximum Gasteiger partial charge on any atom is 0.408 e. The lowest BCUT2D eigenvalue weighted by atomic mass is 9.96. The number of alkyl carbamates (subject to hydrolysis) is 1. The van der Waals surface area contributed by atoms with Crippen molar-refractivity contribution in [1.29, 1.82) is 0 Å². The fourth-order valence-electron chi connectivity index (χ4n) is 3.48. The Morgan fingerprint density at radius 2 is 1.88 bits per heavy atom. The highest BCUT2D eigenvalue weighted by molar-refractivity contribution is 6.05. The first-order valence-electron chi connectivity index (χ1n) is 10.4. The van der Waals surface area contributed by atoms with E-state index in [0.717, 1.165) is 11.1 Å². The van der Waals surface area contributed by atoms with E-state index in [1.807, 2.05) is 18.2 Å². The van der Waals surface area contributed by atoms with Crippen LogP contribution in [-0.4, -0.2) is 52.8 Å². The van der Waals surface area contributed by atoms with E-state index in [4.69, 9.17) is 4.74 Å². The van der Waals surface area contributed by atoms with Crippen LogP contribution in [0.25, 0.3) is 11.1 Å². The van der Waals surface area contributed by atoms with Crippen LogP contribution < -0.4 is 15.5 Å². The minimum Gasteiger partial charge on any atom is -0.444 e. The van der Waals surface area contributed by atoms with Crippen LogP contribution in [0, 0.1) is 0 Å². The second-order valence-corrected chi connectivity index (χ2v) is 8.48. The molecule has 1 aliphatic heterocycles. The van der Waals surface area contributed by atoms with E-state index in [-0.39, 0.29) is 13.2 Å². The Morgan fingerprint density at radius 3 is 2.56 bits per heavy atom. The molecule has 0 radical (unpaired) electrons. The highest BCUT2D eigenvalue weighted by Crippen LogP contribution is 2.38. The van der Waals surface area contributed by atoms with Crippen molar-refractivity contribution >= 4 is 23.7 Å². The van der Waals surface area contributed by atoms with Gasteiger partial charge < -0.3 is 20.5 Å². The van der Waals surface area contributed by atoms with Crippen molar-refractivity contribution in [2.75, 3.05) is 18.1 Å². The first kappa shape index (κ1) is 23.2. The SMILES string of the molecule is CC(NC(=O)OC(C)(C)C)C(=O)NC1C(=O)N(CCO)c2ncccc2-c2ccccc21. The van der Waals surface area contributed by atoms with Crippen LogP contribution >= 0.6 is 0 Å². The highest BCUT2D eigenvalue weighted by Gasteiger charge is 2.36. The lowest BCUT2D eigenvalue weighted by Gasteiger charge is -2.26. The van der Waals surface area contributed by atoms with Crippen LogP contribution in [0.2, 0.25) is 0 Å². The van der Waals surface area contributed by atoms with Crippen molar-refractivity contribution in [1.82, 2.24) is 15.6 Å². The van der Waals surface area contributed by atoms with E-state index < -0.39 is 35.6 Å². The van der Waals surface area contributed by atoms with Crippen molar-refractivity contribution in [3.05, 3.63) is 48.2 Å². The molecule has 2 aromatic rings. The Bertz CT molecular complexity index is 1020. The molecule has 1 aromatic carbocycles. The summed E-state index contributed by atoms with van der Waals surface area (Å²) in [6.45, 7) is 6.43. The van der Waals surface area contributed by atoms with E-state index in [2.05, 4.69) is 15.6 Å². The number of amides is 3. The molecule has 0 saturated heterocycles. The third kappa shape index (κ3) is 5.05. The Morgan fingerprint density at radius 1 is 1.19 bits per heavy atom. The molecule has 0 fully saturated rings. The molecule has 0 spiro atoms. The predicted octanol–water partition coefficient (Wildman–Crippen LogP) is 2.16. The molecule has 2 heterocycles. The number of carbonyl (C=O) groups is 3. The molecule has 1 aliphatic rings. The summed E-state index contributed by atoms with van der Waals surface area (Å²) in [6, 6.07) is 8.88. The molecule has 3 rings (SSSR count). The third-order valence-corrected chi connectivity index (χ3v) is 4.85. The number of β-amino-alcohol motifs (C(OH)–C–C–N with tert-alkyl or cyclic N) is 1. The van der Waals surface area contributed by atoms with Gasteiger partial charge in [-0.15, -0.1) is 0 Å². The number of aliphatic hydroxyl groups is 1. The summed E-state index contributed by atoms with van der Waals surface area (Å²) in [5.74, 6) is -0.565. The second-order valence-electron chi connectivity index (χ2n) is 8.48. The van der Waals surface area contributed by atoms with Crippen molar-refractivity contribution in [3.63, 3.8) is 0 Å². The summed E-state index contributed by atoms with van der Waals surface area (Å²) in [5, 5.41) is 14.8. The van der Waals surface area contributed by atoms with Crippen molar-refractivity contribution in [2.45, 2.75) is 45.4 Å². The van der Waals surface area contributed by atoms with Gasteiger partial charge in [0.15, 0.2) is 0 Å². The number of hydrogen-bond donors (Lipinski definition) is 3. The molecule has 170 valence electrons. The standard InChI is InChI=1S/C23H28N4O5/c1-14(25-22(31)32-23(2,3)4)20(29)26-18-16-9-6-5-8-15(16)17-10-7-11-24-19(17)27(12-13-28)21(18)30/h5-11,14,18,28H,12-13H2,1-4H3,(H,25,31)(H,26,29). The number of ether oxygens (including phenoxy) is 1. The molecule has 32 heavy (non-hydrogen) atoms. The van der Waals surface area contributed by atoms with Gasteiger partial charge in [0.2, 0.25) is 5.91 Å². The predicted molar refractivity (Wildman–Crippen MR) is 119 cm³/mol. The van der Waals surface area contributed by atoms with Gasteiger partial charge in [-0.25, -0.2) is 9.78 Å². The minimum absolute atomic E-state index is 0.0227. The number of carbonyl (C=O) groups excluding carboxylic acids is 3. The van der Waals surface area contributed by atoms with Crippen molar-refractivity contribution in [2.24, 2.45) is 0 Å². The van der Waals surface area contributed by atoms with Gasteiger partial charge in [0.25, 0.3) is 5.91 Å². The van der Waals surface area contributed by atoms with Gasteiger partial charge in [-0.2, -0.15) is 0 Å². The lowest BCUT2D eigenvalue weighted by Crippen LogP contribution is -2.50. The number of nitrogens with zero attached hydrogens (tertiary/aromatic N) is 2. The molecule has 0 bridgehead atoms. The average Bonchev–Trinajstić information content (AvgIpc) is 2.82. The molecular formula is C23H28N4O5. The van der Waals surface area contributed by atoms with E-state index in [1.165, 1.54) is 11.8 Å². The lowest BCUT2D eigenvalue weighted by molar-refractivity contribution is -0.128. The number of aliphatic hydroxyl groups excluding tert-OH is 1. The molecule has 3 amide bonds. The number of aromatic nitrogens is 1. The molecule has 9 nitrogen and oxygen atoms in total. The number of benzene rings is 1. The van der Waals surface area contributed by atoms with Crippen molar-refractivity contribution < 1.29 is 24.2 Å². The van der Waals surface area contributed by atoms with E-state index >= 15 is 0 Å². The highest BCUT2D eigenvalue weighted by atomic mass is 16.6. The summed E-state index contributed by atoms with van der Waals surface area (Å²) >= 11 is 0. The molecular weight excluding hydrogens is 412 g/mol. The largest absolute Gasteiger partial charge is 0.444 e. The molecule has 3 N–H and O–H groups in total. The van der Waals surface area contributed by atoms with Gasteiger partial charge in [0, 0.05) is 11.8 Å². The minimum atomic E-state index is -1.03. The van der Waals surface area contributed by atoms with Crippen LogP contribution in [0.4, 0.5) is 10.6 Å². The van der Waals surface area contributed by atoms with Gasteiger partial charge in [0.1, 0.15) is 23.5 Å². The van der Waals surface area contributed by atoms with Gasteiger partial charge in [-0.05, 0) is 51.0 Å². The molecule has 9 heteroatoms. The summed E-state index contributed by atoms with van der Waals surface area (Å²) in [6.07, 6.45) is 0.844. The van der Waals surface area contributed by atoms with Gasteiger partial charge in [0.05, 0.1) is 13.2 Å². The Balaban J connectivity index is 1.91. The molecule has 0 saturated carbocycles. The number of fused-ring (bicyclic) bond motifs is 3. The molecule has 1 aromatic heterocycles. The Labute approximate surface area is 186 Å². The van der Waals surface area contributed by atoms with E-state index in [9.17, 15) is 19.5 Å². The summed E-state index contributed by atoms with van der Waals surface area (Å²) in [5.41, 5.74) is 1.37. The van der Waals surface area contributed by atoms with Gasteiger partial charge in [-0.3, -0.25) is 14.5 Å². The fourth-order valence-corrected chi connectivity index (χ4v) is 3.48. The Hall–Kier alpha value is -3.46. The number of pyridine rings is 1. The van der Waals surface area contributed by atoms with Crippen molar-refractivity contribution in [3.8, 4) is 11.1 Å². The number of hydrogen-bond acceptors (Lipinski definition) is 6. The normalized spacial score (nSPS) is 16.3. The first-order chi connectivity index (χ1) is 15.1. The maximum absolute atomic E-state index is 13.5. The zero-order chi connectivity index (χ0) is 23.5. The summed E-state index contributed by atoms with van der Waals surface area (Å²) < 4.78 is 5.20. The molecule has 2 atom stereocenters. The van der Waals surface area contributed by atoms with Gasteiger partial charge >= 0.3 is 6.09 Å². The van der Waals surface area contributed by atoms with Crippen LogP contribution in [0.1, 0.15) is 39.3 Å². The second kappa shape index (κ2) is 9.35. The Kier molecular flexibility index (Phi) is 6.78. The van der Waals surface area contributed by atoms with Crippen LogP contribution in [-0.2, 0) is 14.3 Å². The van der Waals surface area contributed by atoms with Crippen LogP contribution in [0.3, 0.4) is 0 Å². The number of anilines is 1. The smallest absolute Gasteiger partial charge is 0.408 e. The molecule has 2 unspecified atom stereocenters. The number of nitrogens with one attached hydrogen (secondary N) is 2. The van der Waals surface area contributed by atoms with E-state index in [0.29, 0.717) is 11.4 Å². The molecule has 0 aliphatic carbocycles. The third-order valence-electron chi connectivity index (χ3n) is 4.85. The van der Waals surface area contributed by atoms with Crippen LogP contribution in [0.5, 0.6) is 0 Å². The van der Waals surface area contributed by atoms with Gasteiger partial charge in [-0.1, -0.05) is 24.3 Å². The van der Waals surface area contributed by atoms with Crippen LogP contribution in [0.15, 0.2) is 42.6 Å². The fraction of sp³-hybridized carbons (Fsp3) is 0.391. The topological polar surface area (TPSA) is 121 Å². The quantitative estimate of drug-likeness (QED) is 0.655. The maximum atomic E-state index is 13.5. The number of rotatable bonds is 5. The summed E-state index contributed by atoms with van der Waals surface area (Å²) in [7, 11) is 0. The zero-order valence-electron chi connectivity index (χ0n) is 18.6. The summed E-state index contributed by atoms with van der Waals surface area (Å²) in [4.78, 5) is 44.1. The monoisotopic (exact) mass is 440 g/mol. The van der Waals surface area contributed by atoms with E-state index in [1.54, 1.807) is 45.2 Å². The first-order valence-corrected chi connectivity index (χ1v) is 10.4. The average molecular weight is 441 g/mol.